The van der Waals surface area contributed by atoms with Crippen molar-refractivity contribution in [2.75, 3.05) is 0 Å². The molecule has 0 aliphatic rings. The fraction of sp³-hybridized carbons (Fsp3) is 0.143. The predicted molar refractivity (Wildman–Crippen MR) is 67.2 cm³/mol. The van der Waals surface area contributed by atoms with E-state index in [-0.39, 0.29) is 0 Å². The molecule has 0 heterocycles. The summed E-state index contributed by atoms with van der Waals surface area (Å²) in [4.78, 5) is 19.3. The van der Waals surface area contributed by atoms with Gasteiger partial charge < -0.3 is 4.74 Å². The van der Waals surface area contributed by atoms with E-state index in [4.69, 9.17) is 0 Å². The van der Waals surface area contributed by atoms with Gasteiger partial charge in [-0.15, -0.1) is 0 Å². The fourth-order valence-electron chi connectivity index (χ4n) is 1.33. The largest absolute Gasteiger partial charge is 0.491 e. The molecule has 0 amide bonds. The second-order valence-electron chi connectivity index (χ2n) is 4.02. The van der Waals surface area contributed by atoms with E-state index in [2.05, 4.69) is 53.3 Å². The Bertz CT molecular complexity index is 601. The Morgan fingerprint density at radius 3 is 1.13 bits per heavy atom. The van der Waals surface area contributed by atoms with Crippen molar-refractivity contribution in [2.45, 2.75) is 12.4 Å². The number of hydrogen-bond acceptors (Lipinski definition) is 3. The Hall–Kier alpha value is -2.58. The van der Waals surface area contributed by atoms with Crippen LogP contribution in [-0.2, 0) is 14.3 Å². The standard InChI is InChI=1S/C10H8.C4F6O3/c1-2-6-10-8-4-3-7-9(10)5-1;5-3(6,7)1(11)13-2(12)4(8,9)10/h1-8H;. The van der Waals surface area contributed by atoms with E-state index < -0.39 is 24.3 Å². The first-order valence-electron chi connectivity index (χ1n) is 5.86. The Labute approximate surface area is 125 Å². The smallest absolute Gasteiger partial charge is 0.380 e. The molecule has 0 unspecified atom stereocenters. The van der Waals surface area contributed by atoms with Gasteiger partial charge in [0.2, 0.25) is 0 Å². The van der Waals surface area contributed by atoms with E-state index in [1.165, 1.54) is 10.8 Å². The van der Waals surface area contributed by atoms with Gasteiger partial charge in [0.25, 0.3) is 0 Å². The molecule has 23 heavy (non-hydrogen) atoms. The molecule has 2 aromatic carbocycles. The van der Waals surface area contributed by atoms with E-state index in [1.54, 1.807) is 0 Å². The summed E-state index contributed by atoms with van der Waals surface area (Å²) in [7, 11) is 0. The van der Waals surface area contributed by atoms with E-state index in [1.807, 2.05) is 0 Å². The summed E-state index contributed by atoms with van der Waals surface area (Å²) in [5.74, 6) is -6.40. The van der Waals surface area contributed by atoms with Crippen LogP contribution in [0.15, 0.2) is 48.5 Å². The highest BCUT2D eigenvalue weighted by molar-refractivity contribution is 5.90. The third-order valence-electron chi connectivity index (χ3n) is 2.31. The maximum atomic E-state index is 11.2. The van der Waals surface area contributed by atoms with Crippen LogP contribution in [-0.4, -0.2) is 24.3 Å². The van der Waals surface area contributed by atoms with Crippen molar-refractivity contribution in [1.82, 2.24) is 0 Å². The molecule has 0 aliphatic carbocycles. The minimum absolute atomic E-state index is 1.31. The third kappa shape index (κ3) is 5.97. The summed E-state index contributed by atoms with van der Waals surface area (Å²) in [5.41, 5.74) is 0. The summed E-state index contributed by atoms with van der Waals surface area (Å²) in [5, 5.41) is 2.62. The molecule has 0 bridgehead atoms. The van der Waals surface area contributed by atoms with Crippen molar-refractivity contribution >= 4 is 22.7 Å². The number of carbonyl (C=O) groups excluding carboxylic acids is 2. The fourth-order valence-corrected chi connectivity index (χ4v) is 1.33. The lowest BCUT2D eigenvalue weighted by atomic mass is 10.1. The Balaban J connectivity index is 0.000000235. The lowest BCUT2D eigenvalue weighted by Gasteiger charge is -2.06. The summed E-state index contributed by atoms with van der Waals surface area (Å²) < 4.78 is 69.7. The van der Waals surface area contributed by atoms with Crippen LogP contribution in [0.5, 0.6) is 0 Å². The van der Waals surface area contributed by atoms with Gasteiger partial charge in [-0.3, -0.25) is 0 Å². The molecule has 0 fully saturated rings. The quantitative estimate of drug-likeness (QED) is 0.414. The highest BCUT2D eigenvalue weighted by atomic mass is 19.4. The van der Waals surface area contributed by atoms with Gasteiger partial charge in [0.15, 0.2) is 0 Å². The summed E-state index contributed by atoms with van der Waals surface area (Å²) in [6.45, 7) is 0. The summed E-state index contributed by atoms with van der Waals surface area (Å²) in [6, 6.07) is 16.7. The normalized spacial score (nSPS) is 11.4. The average molecular weight is 338 g/mol. The third-order valence-corrected chi connectivity index (χ3v) is 2.31. The number of esters is 2. The topological polar surface area (TPSA) is 43.4 Å². The van der Waals surface area contributed by atoms with Crippen LogP contribution in [0.4, 0.5) is 26.3 Å². The minimum atomic E-state index is -5.62. The van der Waals surface area contributed by atoms with Crippen molar-refractivity contribution in [1.29, 1.82) is 0 Å². The first-order valence-corrected chi connectivity index (χ1v) is 5.86. The van der Waals surface area contributed by atoms with Gasteiger partial charge in [-0.2, -0.15) is 26.3 Å². The number of benzene rings is 2. The number of carbonyl (C=O) groups is 2. The first kappa shape index (κ1) is 18.5. The zero-order chi connectivity index (χ0) is 17.7. The summed E-state index contributed by atoms with van der Waals surface area (Å²) >= 11 is 0. The van der Waals surface area contributed by atoms with Gasteiger partial charge in [0.05, 0.1) is 0 Å². The lowest BCUT2D eigenvalue weighted by Crippen LogP contribution is -2.34. The van der Waals surface area contributed by atoms with Gasteiger partial charge in [-0.1, -0.05) is 48.5 Å². The molecule has 0 spiro atoms. The second-order valence-corrected chi connectivity index (χ2v) is 4.02. The van der Waals surface area contributed by atoms with Crippen LogP contribution >= 0.6 is 0 Å². The van der Waals surface area contributed by atoms with Crippen LogP contribution < -0.4 is 0 Å². The molecule has 9 heteroatoms. The van der Waals surface area contributed by atoms with Crippen molar-refractivity contribution in [2.24, 2.45) is 0 Å². The molecule has 0 N–H and O–H groups in total. The van der Waals surface area contributed by atoms with E-state index >= 15 is 0 Å². The minimum Gasteiger partial charge on any atom is -0.380 e. The second kappa shape index (κ2) is 7.12. The number of rotatable bonds is 0. The van der Waals surface area contributed by atoms with Crippen molar-refractivity contribution in [3.8, 4) is 0 Å². The Kier molecular flexibility index (Phi) is 5.72. The van der Waals surface area contributed by atoms with Crippen LogP contribution in [0.1, 0.15) is 0 Å². The van der Waals surface area contributed by atoms with Crippen molar-refractivity contribution in [3.05, 3.63) is 48.5 Å². The molecule has 0 atom stereocenters. The molecule has 0 radical (unpaired) electrons. The molecule has 124 valence electrons. The molecular weight excluding hydrogens is 330 g/mol. The van der Waals surface area contributed by atoms with E-state index in [0.717, 1.165) is 0 Å². The maximum Gasteiger partial charge on any atom is 0.491 e. The summed E-state index contributed by atoms with van der Waals surface area (Å²) in [6.07, 6.45) is -11.2. The highest BCUT2D eigenvalue weighted by Crippen LogP contribution is 2.21. The molecule has 0 saturated carbocycles. The first-order chi connectivity index (χ1) is 10.5. The van der Waals surface area contributed by atoms with Crippen molar-refractivity contribution in [3.63, 3.8) is 0 Å². The van der Waals surface area contributed by atoms with Gasteiger partial charge in [0, 0.05) is 0 Å². The average Bonchev–Trinajstić information content (AvgIpc) is 2.46. The van der Waals surface area contributed by atoms with E-state index in [9.17, 15) is 35.9 Å². The van der Waals surface area contributed by atoms with Crippen LogP contribution in [0, 0.1) is 0 Å². The molecule has 2 aromatic rings. The van der Waals surface area contributed by atoms with E-state index in [0.29, 0.717) is 0 Å². The zero-order valence-corrected chi connectivity index (χ0v) is 11.1. The molecule has 3 nitrogen and oxygen atoms in total. The Morgan fingerprint density at radius 1 is 0.652 bits per heavy atom. The lowest BCUT2D eigenvalue weighted by molar-refractivity contribution is -0.221. The highest BCUT2D eigenvalue weighted by Gasteiger charge is 2.49. The van der Waals surface area contributed by atoms with Gasteiger partial charge >= 0.3 is 24.3 Å². The molecule has 0 aromatic heterocycles. The molecular formula is C14H8F6O3. The molecule has 2 rings (SSSR count). The number of fused-ring (bicyclic) bond motifs is 1. The van der Waals surface area contributed by atoms with Crippen molar-refractivity contribution < 1.29 is 40.7 Å². The number of halogens is 6. The van der Waals surface area contributed by atoms with Gasteiger partial charge in [0.1, 0.15) is 0 Å². The number of alkyl halides is 6. The SMILES string of the molecule is O=C(OC(=O)C(F)(F)F)C(F)(F)F.c1ccc2ccccc2c1. The van der Waals surface area contributed by atoms with Gasteiger partial charge in [-0.25, -0.2) is 9.59 Å². The maximum absolute atomic E-state index is 11.2. The number of hydrogen-bond donors (Lipinski definition) is 0. The van der Waals surface area contributed by atoms with Gasteiger partial charge in [-0.05, 0) is 10.8 Å². The Morgan fingerprint density at radius 2 is 0.913 bits per heavy atom. The number of ether oxygens (including phenoxy) is 1. The molecule has 0 aliphatic heterocycles. The zero-order valence-electron chi connectivity index (χ0n) is 11.1. The van der Waals surface area contributed by atoms with Crippen LogP contribution in [0.3, 0.4) is 0 Å². The van der Waals surface area contributed by atoms with Crippen LogP contribution in [0.25, 0.3) is 10.8 Å². The predicted octanol–water partition coefficient (Wildman–Crippen LogP) is 4.02. The monoisotopic (exact) mass is 338 g/mol. The molecule has 0 saturated heterocycles. The van der Waals surface area contributed by atoms with Crippen LogP contribution in [0.2, 0.25) is 0 Å².